The molecule has 1 saturated carbocycles. The molecule has 0 saturated heterocycles. The second kappa shape index (κ2) is 9.91. The number of Topliss-reactive ketones (excluding diaryl/α,β-unsaturated/α-hetero) is 1. The highest BCUT2D eigenvalue weighted by molar-refractivity contribution is 5.94. The van der Waals surface area contributed by atoms with Gasteiger partial charge in [0.1, 0.15) is 5.78 Å². The fourth-order valence-electron chi connectivity index (χ4n) is 3.56. The summed E-state index contributed by atoms with van der Waals surface area (Å²) in [6.07, 6.45) is 8.37. The van der Waals surface area contributed by atoms with Crippen molar-refractivity contribution in [1.82, 2.24) is 10.3 Å². The minimum absolute atomic E-state index is 0.286. The Balaban J connectivity index is 1.75. The molecule has 6 heteroatoms. The van der Waals surface area contributed by atoms with Crippen molar-refractivity contribution in [2.75, 3.05) is 11.9 Å². The van der Waals surface area contributed by atoms with Gasteiger partial charge in [0, 0.05) is 18.2 Å². The van der Waals surface area contributed by atoms with Crippen molar-refractivity contribution < 1.29 is 4.79 Å². The maximum Gasteiger partial charge on any atom is 0.211 e. The van der Waals surface area contributed by atoms with Crippen LogP contribution >= 0.6 is 0 Å². The van der Waals surface area contributed by atoms with Crippen molar-refractivity contribution in [3.8, 4) is 6.19 Å². The lowest BCUT2D eigenvalue weighted by molar-refractivity contribution is -0.121. The van der Waals surface area contributed by atoms with Crippen LogP contribution in [0.3, 0.4) is 0 Å². The highest BCUT2D eigenvalue weighted by Crippen LogP contribution is 2.31. The average Bonchev–Trinajstić information content (AvgIpc) is 2.61. The van der Waals surface area contributed by atoms with Crippen molar-refractivity contribution >= 4 is 17.4 Å². The Morgan fingerprint density at radius 1 is 1.31 bits per heavy atom. The third kappa shape index (κ3) is 6.14. The van der Waals surface area contributed by atoms with Crippen molar-refractivity contribution in [1.29, 1.82) is 5.26 Å². The standard InChI is InChI=1S/C20H29N5O/c1-14-6-11-19(15(2)24-14)25-20(23-13-21)22-12-4-5-17-7-9-18(10-8-17)16(3)26/h6,11,17-18H,4-5,7-10,12H2,1-3H3,(H2,22,23,25). The van der Waals surface area contributed by atoms with E-state index in [1.165, 1.54) is 0 Å². The Morgan fingerprint density at radius 2 is 2.04 bits per heavy atom. The average molecular weight is 355 g/mol. The van der Waals surface area contributed by atoms with Gasteiger partial charge >= 0.3 is 0 Å². The smallest absolute Gasteiger partial charge is 0.211 e. The van der Waals surface area contributed by atoms with Crippen molar-refractivity contribution in [2.45, 2.75) is 59.3 Å². The van der Waals surface area contributed by atoms with Crippen molar-refractivity contribution in [3.05, 3.63) is 23.5 Å². The van der Waals surface area contributed by atoms with Gasteiger partial charge in [-0.3, -0.25) is 9.78 Å². The summed E-state index contributed by atoms with van der Waals surface area (Å²) in [5.41, 5.74) is 2.68. The number of guanidine groups is 1. The first-order valence-corrected chi connectivity index (χ1v) is 9.42. The Bertz CT molecular complexity index is 684. The Hall–Kier alpha value is -2.42. The van der Waals surface area contributed by atoms with Crippen LogP contribution in [0.15, 0.2) is 17.1 Å². The van der Waals surface area contributed by atoms with Crippen LogP contribution in [0.1, 0.15) is 56.8 Å². The minimum atomic E-state index is 0.286. The Morgan fingerprint density at radius 3 is 2.65 bits per heavy atom. The van der Waals surface area contributed by atoms with Crippen molar-refractivity contribution in [3.63, 3.8) is 0 Å². The van der Waals surface area contributed by atoms with E-state index in [0.29, 0.717) is 17.7 Å². The van der Waals surface area contributed by atoms with Gasteiger partial charge in [-0.2, -0.15) is 5.26 Å². The number of anilines is 1. The number of hydrogen-bond donors (Lipinski definition) is 2. The molecule has 1 fully saturated rings. The summed E-state index contributed by atoms with van der Waals surface area (Å²) in [4.78, 5) is 19.7. The number of pyridine rings is 1. The molecule has 26 heavy (non-hydrogen) atoms. The molecule has 0 amide bonds. The van der Waals surface area contributed by atoms with E-state index in [2.05, 4.69) is 20.6 Å². The Kier molecular flexibility index (Phi) is 7.58. The largest absolute Gasteiger partial charge is 0.355 e. The van der Waals surface area contributed by atoms with Gasteiger partial charge in [-0.15, -0.1) is 4.99 Å². The minimum Gasteiger partial charge on any atom is -0.355 e. The fourth-order valence-corrected chi connectivity index (χ4v) is 3.56. The number of nitrogens with zero attached hydrogens (tertiary/aromatic N) is 3. The van der Waals surface area contributed by atoms with E-state index in [1.807, 2.05) is 32.2 Å². The highest BCUT2D eigenvalue weighted by atomic mass is 16.1. The number of ketones is 1. The number of rotatable bonds is 6. The van der Waals surface area contributed by atoms with Crippen LogP contribution in [0, 0.1) is 37.1 Å². The lowest BCUT2D eigenvalue weighted by Crippen LogP contribution is -2.32. The number of hydrogen-bond acceptors (Lipinski definition) is 4. The topological polar surface area (TPSA) is 90.2 Å². The summed E-state index contributed by atoms with van der Waals surface area (Å²) in [7, 11) is 0. The van der Waals surface area contributed by atoms with E-state index in [0.717, 1.165) is 62.1 Å². The molecule has 0 aliphatic heterocycles. The lowest BCUT2D eigenvalue weighted by atomic mass is 9.78. The number of nitriles is 1. The van der Waals surface area contributed by atoms with Gasteiger partial charge in [0.25, 0.3) is 0 Å². The van der Waals surface area contributed by atoms with Crippen LogP contribution in [0.5, 0.6) is 0 Å². The fraction of sp³-hybridized carbons (Fsp3) is 0.600. The number of aromatic nitrogens is 1. The number of aliphatic imine (C=N–C) groups is 1. The monoisotopic (exact) mass is 355 g/mol. The van der Waals surface area contributed by atoms with Crippen LogP contribution in [0.4, 0.5) is 5.69 Å². The predicted octanol–water partition coefficient (Wildman–Crippen LogP) is 3.71. The highest BCUT2D eigenvalue weighted by Gasteiger charge is 2.23. The van der Waals surface area contributed by atoms with Crippen LogP contribution in [-0.4, -0.2) is 23.3 Å². The van der Waals surface area contributed by atoms with Gasteiger partial charge in [-0.05, 0) is 77.3 Å². The summed E-state index contributed by atoms with van der Waals surface area (Å²) in [6, 6.07) is 3.87. The van der Waals surface area contributed by atoms with E-state index < -0.39 is 0 Å². The molecule has 2 N–H and O–H groups in total. The number of nitrogens with one attached hydrogen (secondary N) is 2. The van der Waals surface area contributed by atoms with Crippen LogP contribution in [0.25, 0.3) is 0 Å². The van der Waals surface area contributed by atoms with Crippen LogP contribution in [0.2, 0.25) is 0 Å². The van der Waals surface area contributed by atoms with E-state index in [4.69, 9.17) is 5.26 Å². The van der Waals surface area contributed by atoms with Gasteiger partial charge in [0.05, 0.1) is 11.4 Å². The molecule has 0 atom stereocenters. The molecule has 2 rings (SSSR count). The molecule has 1 heterocycles. The maximum atomic E-state index is 11.4. The van der Waals surface area contributed by atoms with Gasteiger partial charge in [-0.1, -0.05) is 0 Å². The lowest BCUT2D eigenvalue weighted by Gasteiger charge is -2.27. The first-order chi connectivity index (χ1) is 12.5. The third-order valence-corrected chi connectivity index (χ3v) is 5.14. The molecule has 1 aliphatic carbocycles. The first-order valence-electron chi connectivity index (χ1n) is 9.42. The van der Waals surface area contributed by atoms with Gasteiger partial charge in [0.2, 0.25) is 12.2 Å². The molecule has 1 aliphatic rings. The second-order valence-corrected chi connectivity index (χ2v) is 7.17. The van der Waals surface area contributed by atoms with E-state index in [-0.39, 0.29) is 5.92 Å². The van der Waals surface area contributed by atoms with E-state index in [1.54, 1.807) is 6.92 Å². The van der Waals surface area contributed by atoms with Crippen LogP contribution in [-0.2, 0) is 4.79 Å². The number of aryl methyl sites for hydroxylation is 2. The molecule has 0 radical (unpaired) electrons. The molecule has 0 bridgehead atoms. The van der Waals surface area contributed by atoms with E-state index >= 15 is 0 Å². The molecule has 0 unspecified atom stereocenters. The SMILES string of the molecule is CC(=O)C1CCC(CCCN/C(=N/C#N)Nc2ccc(C)nc2C)CC1. The second-order valence-electron chi connectivity index (χ2n) is 7.17. The number of carbonyl (C=O) groups is 1. The summed E-state index contributed by atoms with van der Waals surface area (Å²) in [6.45, 7) is 6.35. The van der Waals surface area contributed by atoms with E-state index in [9.17, 15) is 4.79 Å². The molecule has 0 aromatic carbocycles. The molecular weight excluding hydrogens is 326 g/mol. The quantitative estimate of drug-likeness (QED) is 0.351. The molecule has 140 valence electrons. The zero-order valence-electron chi connectivity index (χ0n) is 16.0. The zero-order chi connectivity index (χ0) is 18.9. The molecular formula is C20H29N5O. The summed E-state index contributed by atoms with van der Waals surface area (Å²) in [5.74, 6) is 1.80. The van der Waals surface area contributed by atoms with Crippen LogP contribution < -0.4 is 10.6 Å². The predicted molar refractivity (Wildman–Crippen MR) is 104 cm³/mol. The number of carbonyl (C=O) groups excluding carboxylic acids is 1. The summed E-state index contributed by atoms with van der Waals surface area (Å²) in [5, 5.41) is 15.3. The van der Waals surface area contributed by atoms with Gasteiger partial charge in [-0.25, -0.2) is 0 Å². The maximum absolute atomic E-state index is 11.4. The molecule has 1 aromatic heterocycles. The molecule has 0 spiro atoms. The first kappa shape index (κ1) is 19.9. The third-order valence-electron chi connectivity index (χ3n) is 5.14. The van der Waals surface area contributed by atoms with Gasteiger partial charge in [0.15, 0.2) is 0 Å². The molecule has 6 nitrogen and oxygen atoms in total. The summed E-state index contributed by atoms with van der Waals surface area (Å²) >= 11 is 0. The van der Waals surface area contributed by atoms with Gasteiger partial charge < -0.3 is 10.6 Å². The molecule has 1 aromatic rings. The Labute approximate surface area is 156 Å². The summed E-state index contributed by atoms with van der Waals surface area (Å²) < 4.78 is 0. The van der Waals surface area contributed by atoms with Crippen molar-refractivity contribution in [2.24, 2.45) is 16.8 Å². The normalized spacial score (nSPS) is 20.3. The zero-order valence-corrected chi connectivity index (χ0v) is 16.0.